The first-order valence-corrected chi connectivity index (χ1v) is 7.34. The Morgan fingerprint density at radius 1 is 1.19 bits per heavy atom. The summed E-state index contributed by atoms with van der Waals surface area (Å²) in [7, 11) is 0. The summed E-state index contributed by atoms with van der Waals surface area (Å²) >= 11 is 0. The van der Waals surface area contributed by atoms with E-state index in [0.29, 0.717) is 12.2 Å². The number of rotatable bonds is 8. The van der Waals surface area contributed by atoms with Gasteiger partial charge in [0.25, 0.3) is 5.91 Å². The van der Waals surface area contributed by atoms with E-state index in [1.54, 1.807) is 6.92 Å². The van der Waals surface area contributed by atoms with E-state index in [-0.39, 0.29) is 23.8 Å². The molecule has 0 fully saturated rings. The van der Waals surface area contributed by atoms with Crippen molar-refractivity contribution in [3.05, 3.63) is 29.8 Å². The first-order valence-electron chi connectivity index (χ1n) is 7.34. The molecule has 0 aromatic heterocycles. The van der Waals surface area contributed by atoms with Crippen LogP contribution in [0.4, 0.5) is 0 Å². The molecule has 4 nitrogen and oxygen atoms in total. The van der Waals surface area contributed by atoms with E-state index in [4.69, 9.17) is 4.74 Å². The van der Waals surface area contributed by atoms with Crippen LogP contribution in [-0.4, -0.2) is 23.8 Å². The second kappa shape index (κ2) is 7.81. The van der Waals surface area contributed by atoms with Gasteiger partial charge in [0.1, 0.15) is 11.5 Å². The van der Waals surface area contributed by atoms with E-state index >= 15 is 0 Å². The van der Waals surface area contributed by atoms with E-state index in [9.17, 15) is 9.59 Å². The van der Waals surface area contributed by atoms with Gasteiger partial charge in [0.2, 0.25) is 0 Å². The summed E-state index contributed by atoms with van der Waals surface area (Å²) in [6.45, 7) is 7.59. The molecule has 21 heavy (non-hydrogen) atoms. The van der Waals surface area contributed by atoms with Crippen LogP contribution in [0.15, 0.2) is 24.3 Å². The van der Waals surface area contributed by atoms with Gasteiger partial charge in [0.05, 0.1) is 0 Å². The standard InChI is InChI=1S/C17H25NO3/c1-5-17(3,4)18-16(20)12-21-15-10-8-14(9-11-15)7-6-13(2)19/h8-11H,5-7,12H2,1-4H3,(H,18,20). The Labute approximate surface area is 126 Å². The highest BCUT2D eigenvalue weighted by Crippen LogP contribution is 2.14. The average molecular weight is 291 g/mol. The van der Waals surface area contributed by atoms with Crippen LogP contribution in [0.2, 0.25) is 0 Å². The quantitative estimate of drug-likeness (QED) is 0.801. The molecule has 1 amide bonds. The zero-order chi connectivity index (χ0) is 15.9. The minimum absolute atomic E-state index is 0.0101. The van der Waals surface area contributed by atoms with Crippen molar-refractivity contribution in [3.63, 3.8) is 0 Å². The minimum atomic E-state index is -0.211. The molecule has 0 saturated heterocycles. The topological polar surface area (TPSA) is 55.4 Å². The van der Waals surface area contributed by atoms with E-state index < -0.39 is 0 Å². The smallest absolute Gasteiger partial charge is 0.258 e. The molecule has 1 N–H and O–H groups in total. The second-order valence-corrected chi connectivity index (χ2v) is 5.92. The van der Waals surface area contributed by atoms with Crippen LogP contribution in [0.5, 0.6) is 5.75 Å². The minimum Gasteiger partial charge on any atom is -0.484 e. The molecule has 0 aliphatic carbocycles. The molecule has 1 aromatic rings. The van der Waals surface area contributed by atoms with Gasteiger partial charge in [-0.3, -0.25) is 4.79 Å². The number of ketones is 1. The normalized spacial score (nSPS) is 11.0. The van der Waals surface area contributed by atoms with Gasteiger partial charge < -0.3 is 14.8 Å². The van der Waals surface area contributed by atoms with Crippen LogP contribution in [0.3, 0.4) is 0 Å². The highest BCUT2D eigenvalue weighted by Gasteiger charge is 2.17. The first kappa shape index (κ1) is 17.2. The van der Waals surface area contributed by atoms with Gasteiger partial charge in [-0.15, -0.1) is 0 Å². The molecular weight excluding hydrogens is 266 g/mol. The van der Waals surface area contributed by atoms with E-state index in [1.165, 1.54) is 0 Å². The Morgan fingerprint density at radius 3 is 2.33 bits per heavy atom. The van der Waals surface area contributed by atoms with Crippen molar-refractivity contribution in [1.82, 2.24) is 5.32 Å². The molecule has 0 heterocycles. The zero-order valence-electron chi connectivity index (χ0n) is 13.4. The molecule has 0 unspecified atom stereocenters. The summed E-state index contributed by atoms with van der Waals surface area (Å²) in [5.41, 5.74) is 0.880. The summed E-state index contributed by atoms with van der Waals surface area (Å²) in [5, 5.41) is 2.92. The van der Waals surface area contributed by atoms with E-state index in [2.05, 4.69) is 5.32 Å². The van der Waals surface area contributed by atoms with Crippen LogP contribution in [0, 0.1) is 0 Å². The number of amides is 1. The summed E-state index contributed by atoms with van der Waals surface area (Å²) in [6.07, 6.45) is 2.15. The lowest BCUT2D eigenvalue weighted by atomic mass is 10.0. The Morgan fingerprint density at radius 2 is 1.81 bits per heavy atom. The average Bonchev–Trinajstić information content (AvgIpc) is 2.43. The molecular formula is C17H25NO3. The van der Waals surface area contributed by atoms with Gasteiger partial charge in [-0.05, 0) is 51.3 Å². The molecule has 0 aliphatic rings. The molecule has 1 aromatic carbocycles. The Kier molecular flexibility index (Phi) is 6.40. The maximum absolute atomic E-state index is 11.8. The van der Waals surface area contributed by atoms with Crippen LogP contribution in [0.25, 0.3) is 0 Å². The zero-order valence-corrected chi connectivity index (χ0v) is 13.4. The Bertz CT molecular complexity index is 477. The molecule has 0 spiro atoms. The van der Waals surface area contributed by atoms with E-state index in [0.717, 1.165) is 18.4 Å². The monoisotopic (exact) mass is 291 g/mol. The van der Waals surface area contributed by atoms with Crippen LogP contribution in [0.1, 0.15) is 46.1 Å². The van der Waals surface area contributed by atoms with Gasteiger partial charge in [0, 0.05) is 12.0 Å². The number of hydrogen-bond donors (Lipinski definition) is 1. The number of ether oxygens (including phenoxy) is 1. The lowest BCUT2D eigenvalue weighted by molar-refractivity contribution is -0.124. The van der Waals surface area contributed by atoms with Gasteiger partial charge in [-0.25, -0.2) is 0 Å². The summed E-state index contributed by atoms with van der Waals surface area (Å²) < 4.78 is 5.46. The second-order valence-electron chi connectivity index (χ2n) is 5.92. The fourth-order valence-corrected chi connectivity index (χ4v) is 1.72. The van der Waals surface area contributed by atoms with Crippen molar-refractivity contribution in [2.24, 2.45) is 0 Å². The largest absolute Gasteiger partial charge is 0.484 e. The maximum Gasteiger partial charge on any atom is 0.258 e. The molecule has 0 bridgehead atoms. The number of Topliss-reactive ketones (excluding diaryl/α,β-unsaturated/α-hetero) is 1. The number of aryl methyl sites for hydroxylation is 1. The highest BCUT2D eigenvalue weighted by atomic mass is 16.5. The molecule has 116 valence electrons. The highest BCUT2D eigenvalue weighted by molar-refractivity contribution is 5.78. The van der Waals surface area contributed by atoms with Crippen LogP contribution in [-0.2, 0) is 16.0 Å². The third kappa shape index (κ3) is 6.93. The maximum atomic E-state index is 11.8. The number of nitrogens with one attached hydrogen (secondary N) is 1. The van der Waals surface area contributed by atoms with Gasteiger partial charge >= 0.3 is 0 Å². The van der Waals surface area contributed by atoms with Crippen molar-refractivity contribution >= 4 is 11.7 Å². The lowest BCUT2D eigenvalue weighted by Gasteiger charge is -2.24. The van der Waals surface area contributed by atoms with Crippen molar-refractivity contribution in [1.29, 1.82) is 0 Å². The third-order valence-corrected chi connectivity index (χ3v) is 3.42. The van der Waals surface area contributed by atoms with Crippen molar-refractivity contribution in [2.45, 2.75) is 52.5 Å². The number of hydrogen-bond acceptors (Lipinski definition) is 3. The molecule has 4 heteroatoms. The molecule has 0 radical (unpaired) electrons. The van der Waals surface area contributed by atoms with E-state index in [1.807, 2.05) is 45.0 Å². The summed E-state index contributed by atoms with van der Waals surface area (Å²) in [5.74, 6) is 0.721. The first-order chi connectivity index (χ1) is 9.82. The van der Waals surface area contributed by atoms with Crippen molar-refractivity contribution < 1.29 is 14.3 Å². The SMILES string of the molecule is CCC(C)(C)NC(=O)COc1ccc(CCC(C)=O)cc1. The Balaban J connectivity index is 2.42. The van der Waals surface area contributed by atoms with Crippen molar-refractivity contribution in [3.8, 4) is 5.75 Å². The van der Waals surface area contributed by atoms with Gasteiger partial charge in [0.15, 0.2) is 6.61 Å². The number of carbonyl (C=O) groups is 2. The summed E-state index contributed by atoms with van der Waals surface area (Å²) in [6, 6.07) is 7.50. The fourth-order valence-electron chi connectivity index (χ4n) is 1.72. The predicted molar refractivity (Wildman–Crippen MR) is 83.5 cm³/mol. The third-order valence-electron chi connectivity index (χ3n) is 3.42. The Hall–Kier alpha value is -1.84. The van der Waals surface area contributed by atoms with Gasteiger partial charge in [-0.1, -0.05) is 19.1 Å². The van der Waals surface area contributed by atoms with Crippen molar-refractivity contribution in [2.75, 3.05) is 6.61 Å². The number of benzene rings is 1. The lowest BCUT2D eigenvalue weighted by Crippen LogP contribution is -2.44. The fraction of sp³-hybridized carbons (Fsp3) is 0.529. The molecule has 0 aliphatic heterocycles. The predicted octanol–water partition coefficient (Wildman–Crippen LogP) is 2.89. The molecule has 0 saturated carbocycles. The molecule has 0 atom stereocenters. The van der Waals surface area contributed by atoms with Crippen LogP contribution >= 0.6 is 0 Å². The molecule has 1 rings (SSSR count). The summed E-state index contributed by atoms with van der Waals surface area (Å²) in [4.78, 5) is 22.7. The van der Waals surface area contributed by atoms with Gasteiger partial charge in [-0.2, -0.15) is 0 Å². The number of carbonyl (C=O) groups excluding carboxylic acids is 2. The van der Waals surface area contributed by atoms with Crippen LogP contribution < -0.4 is 10.1 Å².